The normalized spacial score (nSPS) is 15.9. The molecule has 5 heteroatoms. The maximum Gasteiger partial charge on any atom is 0.224 e. The van der Waals surface area contributed by atoms with Gasteiger partial charge in [-0.25, -0.2) is 0 Å². The number of hydrogen-bond donors (Lipinski definition) is 2. The van der Waals surface area contributed by atoms with Crippen LogP contribution in [-0.4, -0.2) is 25.1 Å². The number of methoxy groups -OCH3 is 1. The Balaban J connectivity index is 0.00000180. The van der Waals surface area contributed by atoms with E-state index in [1.54, 1.807) is 7.11 Å². The van der Waals surface area contributed by atoms with E-state index in [4.69, 9.17) is 10.5 Å². The van der Waals surface area contributed by atoms with E-state index in [-0.39, 0.29) is 23.9 Å². The molecule has 0 spiro atoms. The van der Waals surface area contributed by atoms with Crippen molar-refractivity contribution in [1.29, 1.82) is 0 Å². The molecule has 0 heterocycles. The number of carbonyl (C=O) groups excluding carboxylic acids is 1. The van der Waals surface area contributed by atoms with Crippen molar-refractivity contribution >= 4 is 18.3 Å². The molecule has 2 rings (SSSR count). The fourth-order valence-electron chi connectivity index (χ4n) is 2.11. The second kappa shape index (κ2) is 6.78. The van der Waals surface area contributed by atoms with E-state index >= 15 is 0 Å². The first-order chi connectivity index (χ1) is 8.61. The maximum atomic E-state index is 11.8. The second-order valence-corrected chi connectivity index (χ2v) is 5.02. The van der Waals surface area contributed by atoms with Crippen molar-refractivity contribution in [2.24, 2.45) is 5.73 Å². The van der Waals surface area contributed by atoms with Gasteiger partial charge in [-0.15, -0.1) is 12.4 Å². The Hall–Kier alpha value is -1.26. The third kappa shape index (κ3) is 4.40. The molecule has 0 atom stereocenters. The standard InChI is InChI=1S/C14H20N2O2.ClH/c1-18-12-5-2-4-11(8-12)9-13(17)16-10-14(15)6-3-7-14;/h2,4-5,8H,3,6-7,9-10,15H2,1H3,(H,16,17);1H. The quantitative estimate of drug-likeness (QED) is 0.864. The first-order valence-electron chi connectivity index (χ1n) is 6.30. The van der Waals surface area contributed by atoms with Gasteiger partial charge >= 0.3 is 0 Å². The minimum Gasteiger partial charge on any atom is -0.497 e. The van der Waals surface area contributed by atoms with Crippen molar-refractivity contribution in [2.45, 2.75) is 31.2 Å². The predicted octanol–water partition coefficient (Wildman–Crippen LogP) is 1.66. The smallest absolute Gasteiger partial charge is 0.224 e. The molecule has 1 amide bonds. The van der Waals surface area contributed by atoms with Crippen LogP contribution in [0.3, 0.4) is 0 Å². The highest BCUT2D eigenvalue weighted by atomic mass is 35.5. The van der Waals surface area contributed by atoms with E-state index in [1.807, 2.05) is 24.3 Å². The molecule has 1 aliphatic carbocycles. The van der Waals surface area contributed by atoms with Gasteiger partial charge in [0.05, 0.1) is 13.5 Å². The lowest BCUT2D eigenvalue weighted by Gasteiger charge is -2.38. The third-order valence-corrected chi connectivity index (χ3v) is 3.49. The first kappa shape index (κ1) is 15.8. The summed E-state index contributed by atoms with van der Waals surface area (Å²) in [5, 5.41) is 2.91. The Morgan fingerprint density at radius 2 is 2.21 bits per heavy atom. The highest BCUT2D eigenvalue weighted by molar-refractivity contribution is 5.85. The van der Waals surface area contributed by atoms with Gasteiger partial charge in [0.1, 0.15) is 5.75 Å². The zero-order valence-corrected chi connectivity index (χ0v) is 12.0. The average Bonchev–Trinajstić information content (AvgIpc) is 2.34. The maximum absolute atomic E-state index is 11.8. The van der Waals surface area contributed by atoms with Gasteiger partial charge < -0.3 is 15.8 Å². The monoisotopic (exact) mass is 284 g/mol. The Bertz CT molecular complexity index is 433. The van der Waals surface area contributed by atoms with Gasteiger partial charge in [0.25, 0.3) is 0 Å². The van der Waals surface area contributed by atoms with Crippen LogP contribution in [0.15, 0.2) is 24.3 Å². The van der Waals surface area contributed by atoms with Crippen LogP contribution >= 0.6 is 12.4 Å². The largest absolute Gasteiger partial charge is 0.497 e. The molecular weight excluding hydrogens is 264 g/mol. The van der Waals surface area contributed by atoms with Crippen molar-refractivity contribution in [1.82, 2.24) is 5.32 Å². The van der Waals surface area contributed by atoms with E-state index in [9.17, 15) is 4.79 Å². The molecule has 1 saturated carbocycles. The van der Waals surface area contributed by atoms with Crippen LogP contribution in [0.2, 0.25) is 0 Å². The number of carbonyl (C=O) groups is 1. The number of nitrogens with two attached hydrogens (primary N) is 1. The highest BCUT2D eigenvalue weighted by Crippen LogP contribution is 2.28. The number of halogens is 1. The van der Waals surface area contributed by atoms with Crippen LogP contribution in [0.4, 0.5) is 0 Å². The molecule has 0 bridgehead atoms. The van der Waals surface area contributed by atoms with Crippen LogP contribution < -0.4 is 15.8 Å². The molecule has 0 aliphatic heterocycles. The molecule has 19 heavy (non-hydrogen) atoms. The highest BCUT2D eigenvalue weighted by Gasteiger charge is 2.32. The average molecular weight is 285 g/mol. The summed E-state index contributed by atoms with van der Waals surface area (Å²) < 4.78 is 5.13. The fourth-order valence-corrected chi connectivity index (χ4v) is 2.11. The van der Waals surface area contributed by atoms with Gasteiger partial charge in [-0.3, -0.25) is 4.79 Å². The topological polar surface area (TPSA) is 64.3 Å². The number of rotatable bonds is 5. The molecule has 1 aromatic rings. The summed E-state index contributed by atoms with van der Waals surface area (Å²) in [5.41, 5.74) is 6.84. The van der Waals surface area contributed by atoms with Crippen LogP contribution in [0.25, 0.3) is 0 Å². The lowest BCUT2D eigenvalue weighted by molar-refractivity contribution is -0.120. The molecule has 3 N–H and O–H groups in total. The number of ether oxygens (including phenoxy) is 1. The Morgan fingerprint density at radius 3 is 2.79 bits per heavy atom. The molecule has 0 aromatic heterocycles. The molecule has 1 fully saturated rings. The van der Waals surface area contributed by atoms with Gasteiger partial charge in [-0.2, -0.15) is 0 Å². The summed E-state index contributed by atoms with van der Waals surface area (Å²) in [6.45, 7) is 0.579. The molecule has 0 saturated heterocycles. The van der Waals surface area contributed by atoms with Crippen LogP contribution in [-0.2, 0) is 11.2 Å². The second-order valence-electron chi connectivity index (χ2n) is 5.02. The lowest BCUT2D eigenvalue weighted by atomic mass is 9.78. The molecule has 1 aromatic carbocycles. The van der Waals surface area contributed by atoms with Gasteiger partial charge in [-0.1, -0.05) is 12.1 Å². The minimum absolute atomic E-state index is 0. The molecule has 106 valence electrons. The zero-order chi connectivity index (χ0) is 13.0. The van der Waals surface area contributed by atoms with Gasteiger partial charge in [-0.05, 0) is 37.0 Å². The summed E-state index contributed by atoms with van der Waals surface area (Å²) in [6.07, 6.45) is 3.55. The van der Waals surface area contributed by atoms with Crippen molar-refractivity contribution in [3.63, 3.8) is 0 Å². The van der Waals surface area contributed by atoms with E-state index in [1.165, 1.54) is 6.42 Å². The molecular formula is C14H21ClN2O2. The molecule has 1 aliphatic rings. The van der Waals surface area contributed by atoms with Gasteiger partial charge in [0, 0.05) is 12.1 Å². The number of hydrogen-bond acceptors (Lipinski definition) is 3. The minimum atomic E-state index is -0.163. The Kier molecular flexibility index (Phi) is 5.63. The molecule has 0 radical (unpaired) electrons. The van der Waals surface area contributed by atoms with Crippen molar-refractivity contribution in [3.8, 4) is 5.75 Å². The summed E-state index contributed by atoms with van der Waals surface area (Å²) in [7, 11) is 1.62. The number of benzene rings is 1. The first-order valence-corrected chi connectivity index (χ1v) is 6.30. The summed E-state index contributed by atoms with van der Waals surface area (Å²) >= 11 is 0. The zero-order valence-electron chi connectivity index (χ0n) is 11.1. The third-order valence-electron chi connectivity index (χ3n) is 3.49. The van der Waals surface area contributed by atoms with Crippen molar-refractivity contribution in [2.75, 3.05) is 13.7 Å². The van der Waals surface area contributed by atoms with E-state index in [0.29, 0.717) is 13.0 Å². The van der Waals surface area contributed by atoms with Gasteiger partial charge in [0.15, 0.2) is 0 Å². The van der Waals surface area contributed by atoms with E-state index < -0.39 is 0 Å². The molecule has 4 nitrogen and oxygen atoms in total. The summed E-state index contributed by atoms with van der Waals surface area (Å²) in [4.78, 5) is 11.8. The summed E-state index contributed by atoms with van der Waals surface area (Å²) in [6, 6.07) is 7.55. The number of amides is 1. The number of nitrogens with one attached hydrogen (secondary N) is 1. The SMILES string of the molecule is COc1cccc(CC(=O)NCC2(N)CCC2)c1.Cl. The summed E-state index contributed by atoms with van der Waals surface area (Å²) in [5.74, 6) is 0.787. The van der Waals surface area contributed by atoms with E-state index in [2.05, 4.69) is 5.32 Å². The molecule has 0 unspecified atom stereocenters. The Morgan fingerprint density at radius 1 is 1.47 bits per heavy atom. The van der Waals surface area contributed by atoms with Crippen molar-refractivity contribution < 1.29 is 9.53 Å². The Labute approximate surface area is 120 Å². The van der Waals surface area contributed by atoms with E-state index in [0.717, 1.165) is 24.2 Å². The predicted molar refractivity (Wildman–Crippen MR) is 77.7 cm³/mol. The van der Waals surface area contributed by atoms with Crippen LogP contribution in [0.5, 0.6) is 5.75 Å². The van der Waals surface area contributed by atoms with Crippen molar-refractivity contribution in [3.05, 3.63) is 29.8 Å². The fraction of sp³-hybridized carbons (Fsp3) is 0.500. The lowest BCUT2D eigenvalue weighted by Crippen LogP contribution is -2.55. The van der Waals surface area contributed by atoms with Gasteiger partial charge in [0.2, 0.25) is 5.91 Å². The van der Waals surface area contributed by atoms with Crippen LogP contribution in [0.1, 0.15) is 24.8 Å². The van der Waals surface area contributed by atoms with Crippen LogP contribution in [0, 0.1) is 0 Å².